The third-order valence-corrected chi connectivity index (χ3v) is 5.97. The molecule has 3 N–H and O–H groups in total. The Morgan fingerprint density at radius 3 is 2.62 bits per heavy atom. The number of carboxylic acid groups (broad SMARTS) is 1. The molecule has 0 spiro atoms. The summed E-state index contributed by atoms with van der Waals surface area (Å²) in [5, 5.41) is 14.2. The van der Waals surface area contributed by atoms with Crippen LogP contribution < -0.4 is 15.4 Å². The van der Waals surface area contributed by atoms with Crippen molar-refractivity contribution in [1.82, 2.24) is 10.2 Å². The molecule has 0 saturated heterocycles. The molecule has 32 heavy (non-hydrogen) atoms. The summed E-state index contributed by atoms with van der Waals surface area (Å²) in [6.07, 6.45) is 0.924. The molecule has 1 aliphatic rings. The zero-order chi connectivity index (χ0) is 23.1. The van der Waals surface area contributed by atoms with Crippen molar-refractivity contribution in [2.24, 2.45) is 0 Å². The highest BCUT2D eigenvalue weighted by molar-refractivity contribution is 7.17. The molecule has 0 aliphatic carbocycles. The molecule has 2 amide bonds. The van der Waals surface area contributed by atoms with Gasteiger partial charge in [0.1, 0.15) is 12.6 Å². The fraction of sp³-hybridized carbons (Fsp3) is 0.381. The number of carbonyl (C=O) groups is 3. The van der Waals surface area contributed by atoms with E-state index < -0.39 is 30.6 Å². The summed E-state index contributed by atoms with van der Waals surface area (Å²) in [7, 11) is 2.07. The normalized spacial score (nSPS) is 14.7. The van der Waals surface area contributed by atoms with E-state index in [2.05, 4.69) is 22.6 Å². The van der Waals surface area contributed by atoms with Gasteiger partial charge in [0.05, 0.1) is 10.9 Å². The number of benzene rings is 1. The number of aliphatic carboxylic acids is 1. The van der Waals surface area contributed by atoms with E-state index in [4.69, 9.17) is 26.2 Å². The molecule has 0 bridgehead atoms. The standard InChI is InChI=1S/C21H24ClN3O6S/c1-25-8-6-13-2-3-15(10-14(13)7-9-25)23-20(28)16(11-30-12-18(26)27)24-21(29)31-19-5-4-17(22)32-19/h2-5,10,16H,6-9,11-12H2,1H3,(H,23,28)(H,24,29)(H,26,27). The van der Waals surface area contributed by atoms with E-state index in [0.717, 1.165) is 42.8 Å². The van der Waals surface area contributed by atoms with Crippen molar-refractivity contribution in [3.63, 3.8) is 0 Å². The molecule has 1 aliphatic heterocycles. The number of rotatable bonds is 8. The van der Waals surface area contributed by atoms with Crippen molar-refractivity contribution < 1.29 is 29.0 Å². The molecule has 2 heterocycles. The Balaban J connectivity index is 1.66. The summed E-state index contributed by atoms with van der Waals surface area (Å²) in [4.78, 5) is 38.1. The topological polar surface area (TPSA) is 117 Å². The van der Waals surface area contributed by atoms with Crippen molar-refractivity contribution in [1.29, 1.82) is 0 Å². The first kappa shape index (κ1) is 24.0. The number of anilines is 1. The largest absolute Gasteiger partial charge is 0.480 e. The number of likely N-dealkylation sites (N-methyl/N-ethyl adjacent to an activating group) is 1. The van der Waals surface area contributed by atoms with Crippen molar-refractivity contribution in [3.05, 3.63) is 45.8 Å². The minimum atomic E-state index is -1.18. The minimum Gasteiger partial charge on any atom is -0.480 e. The smallest absolute Gasteiger partial charge is 0.414 e. The zero-order valence-corrected chi connectivity index (χ0v) is 19.0. The predicted octanol–water partition coefficient (Wildman–Crippen LogP) is 2.63. The number of hydrogen-bond acceptors (Lipinski definition) is 7. The number of nitrogens with zero attached hydrogens (tertiary/aromatic N) is 1. The number of nitrogens with one attached hydrogen (secondary N) is 2. The lowest BCUT2D eigenvalue weighted by molar-refractivity contribution is -0.143. The van der Waals surface area contributed by atoms with Gasteiger partial charge in [-0.15, -0.1) is 0 Å². The lowest BCUT2D eigenvalue weighted by Crippen LogP contribution is -2.48. The molecule has 11 heteroatoms. The van der Waals surface area contributed by atoms with Gasteiger partial charge in [0, 0.05) is 18.8 Å². The number of carboxylic acids is 1. The van der Waals surface area contributed by atoms with E-state index in [1.54, 1.807) is 6.07 Å². The van der Waals surface area contributed by atoms with Crippen LogP contribution in [-0.4, -0.2) is 67.4 Å². The second kappa shape index (κ2) is 11.3. The Bertz CT molecular complexity index is 982. The van der Waals surface area contributed by atoms with E-state index in [1.807, 2.05) is 18.2 Å². The van der Waals surface area contributed by atoms with Crippen LogP contribution in [0.15, 0.2) is 30.3 Å². The zero-order valence-electron chi connectivity index (χ0n) is 17.4. The highest BCUT2D eigenvalue weighted by Gasteiger charge is 2.24. The molecule has 9 nitrogen and oxygen atoms in total. The van der Waals surface area contributed by atoms with E-state index in [-0.39, 0.29) is 11.7 Å². The molecule has 0 radical (unpaired) electrons. The number of fused-ring (bicyclic) bond motifs is 1. The third-order valence-electron chi connectivity index (χ3n) is 4.86. The van der Waals surface area contributed by atoms with E-state index in [1.165, 1.54) is 11.6 Å². The van der Waals surface area contributed by atoms with Gasteiger partial charge < -0.3 is 30.1 Å². The average molecular weight is 482 g/mol. The van der Waals surface area contributed by atoms with Gasteiger partial charge in [-0.2, -0.15) is 0 Å². The first-order chi connectivity index (χ1) is 15.3. The summed E-state index contributed by atoms with van der Waals surface area (Å²) >= 11 is 6.88. The maximum absolute atomic E-state index is 12.8. The van der Waals surface area contributed by atoms with Crippen LogP contribution in [0.2, 0.25) is 4.34 Å². The number of halogens is 1. The van der Waals surface area contributed by atoms with Gasteiger partial charge in [0.25, 0.3) is 0 Å². The quantitative estimate of drug-likeness (QED) is 0.530. The average Bonchev–Trinajstić information content (AvgIpc) is 3.04. The maximum Gasteiger partial charge on any atom is 0.414 e. The Hall–Kier alpha value is -2.66. The number of thiophene rings is 1. The van der Waals surface area contributed by atoms with Crippen LogP contribution in [0, 0.1) is 0 Å². The molecular formula is C21H24ClN3O6S. The van der Waals surface area contributed by atoms with Gasteiger partial charge in [-0.3, -0.25) is 4.79 Å². The van der Waals surface area contributed by atoms with E-state index in [9.17, 15) is 14.4 Å². The van der Waals surface area contributed by atoms with Crippen LogP contribution in [0.4, 0.5) is 10.5 Å². The van der Waals surface area contributed by atoms with Gasteiger partial charge in [-0.05, 0) is 55.3 Å². The lowest BCUT2D eigenvalue weighted by Gasteiger charge is -2.18. The number of amides is 2. The summed E-state index contributed by atoms with van der Waals surface area (Å²) in [5.41, 5.74) is 2.99. The van der Waals surface area contributed by atoms with Crippen LogP contribution in [0.25, 0.3) is 0 Å². The third kappa shape index (κ3) is 7.20. The number of hydrogen-bond donors (Lipinski definition) is 3. The van der Waals surface area contributed by atoms with Gasteiger partial charge in [-0.1, -0.05) is 29.0 Å². The van der Waals surface area contributed by atoms with Gasteiger partial charge in [0.15, 0.2) is 5.06 Å². The van der Waals surface area contributed by atoms with Crippen LogP contribution in [0.1, 0.15) is 11.1 Å². The number of ether oxygens (including phenoxy) is 2. The van der Waals surface area contributed by atoms with Crippen LogP contribution in [0.3, 0.4) is 0 Å². The molecule has 0 saturated carbocycles. The fourth-order valence-electron chi connectivity index (χ4n) is 3.21. The Morgan fingerprint density at radius 1 is 1.19 bits per heavy atom. The molecule has 2 aromatic rings. The second-order valence-electron chi connectivity index (χ2n) is 7.33. The molecule has 3 rings (SSSR count). The summed E-state index contributed by atoms with van der Waals surface area (Å²) in [6.45, 7) is 0.959. The maximum atomic E-state index is 12.8. The van der Waals surface area contributed by atoms with Crippen LogP contribution in [-0.2, 0) is 27.2 Å². The van der Waals surface area contributed by atoms with Crippen LogP contribution in [0.5, 0.6) is 5.06 Å². The van der Waals surface area contributed by atoms with Crippen molar-refractivity contribution in [3.8, 4) is 5.06 Å². The first-order valence-electron chi connectivity index (χ1n) is 9.94. The van der Waals surface area contributed by atoms with Crippen LogP contribution >= 0.6 is 22.9 Å². The Morgan fingerprint density at radius 2 is 1.94 bits per heavy atom. The fourth-order valence-corrected chi connectivity index (χ4v) is 4.08. The lowest BCUT2D eigenvalue weighted by atomic mass is 10.0. The van der Waals surface area contributed by atoms with E-state index >= 15 is 0 Å². The summed E-state index contributed by atoms with van der Waals surface area (Å²) < 4.78 is 10.6. The minimum absolute atomic E-state index is 0.258. The molecule has 0 fully saturated rings. The second-order valence-corrected chi connectivity index (χ2v) is 9.01. The SMILES string of the molecule is CN1CCc2ccc(NC(=O)C(COCC(=O)O)NC(=O)Oc3ccc(Cl)s3)cc2CC1. The molecule has 172 valence electrons. The van der Waals surface area contributed by atoms with Gasteiger partial charge >= 0.3 is 12.1 Å². The van der Waals surface area contributed by atoms with Gasteiger partial charge in [-0.25, -0.2) is 9.59 Å². The predicted molar refractivity (Wildman–Crippen MR) is 121 cm³/mol. The van der Waals surface area contributed by atoms with E-state index in [0.29, 0.717) is 10.0 Å². The highest BCUT2D eigenvalue weighted by atomic mass is 35.5. The summed E-state index contributed by atoms with van der Waals surface area (Å²) in [5.74, 6) is -1.74. The molecule has 1 unspecified atom stereocenters. The highest BCUT2D eigenvalue weighted by Crippen LogP contribution is 2.28. The molecular weight excluding hydrogens is 458 g/mol. The summed E-state index contributed by atoms with van der Waals surface area (Å²) in [6, 6.07) is 7.65. The molecule has 1 atom stereocenters. The monoisotopic (exact) mass is 481 g/mol. The molecule has 1 aromatic heterocycles. The van der Waals surface area contributed by atoms with Crippen molar-refractivity contribution in [2.75, 3.05) is 38.7 Å². The molecule has 1 aromatic carbocycles. The van der Waals surface area contributed by atoms with Gasteiger partial charge in [0.2, 0.25) is 5.91 Å². The Labute approximate surface area is 194 Å². The van der Waals surface area contributed by atoms with Crippen molar-refractivity contribution in [2.45, 2.75) is 18.9 Å². The Kier molecular flexibility index (Phi) is 8.46. The first-order valence-corrected chi connectivity index (χ1v) is 11.1. The van der Waals surface area contributed by atoms with Crippen molar-refractivity contribution >= 4 is 46.6 Å². The number of carbonyl (C=O) groups excluding carboxylic acids is 2.